The van der Waals surface area contributed by atoms with Crippen LogP contribution >= 0.6 is 0 Å². The van der Waals surface area contributed by atoms with E-state index in [4.69, 9.17) is 9.72 Å². The van der Waals surface area contributed by atoms with Crippen LogP contribution in [0.2, 0.25) is 0 Å². The number of rotatable bonds is 4. The van der Waals surface area contributed by atoms with Crippen LogP contribution in [0.15, 0.2) is 91.0 Å². The largest absolute Gasteiger partial charge is 0.487 e. The molecule has 0 atom stereocenters. The Morgan fingerprint density at radius 3 is 2.21 bits per heavy atom. The van der Waals surface area contributed by atoms with E-state index < -0.39 is 0 Å². The van der Waals surface area contributed by atoms with Gasteiger partial charge in [0.2, 0.25) is 0 Å². The highest BCUT2D eigenvalue weighted by Gasteiger charge is 2.06. The van der Waals surface area contributed by atoms with Gasteiger partial charge in [-0.15, -0.1) is 0 Å². The number of hydrogen-bond acceptors (Lipinski definition) is 2. The number of hydrogen-bond donors (Lipinski definition) is 0. The number of nitrogens with zero attached hydrogens (tertiary/aromatic N) is 1. The molecule has 3 aromatic carbocycles. The van der Waals surface area contributed by atoms with Crippen molar-refractivity contribution < 1.29 is 4.74 Å². The minimum atomic E-state index is 0.539. The molecule has 0 radical (unpaired) electrons. The summed E-state index contributed by atoms with van der Waals surface area (Å²) in [5, 5.41) is 1.08. The van der Waals surface area contributed by atoms with E-state index in [9.17, 15) is 0 Å². The van der Waals surface area contributed by atoms with E-state index in [1.165, 1.54) is 0 Å². The maximum Gasteiger partial charge on any atom is 0.146 e. The van der Waals surface area contributed by atoms with E-state index in [2.05, 4.69) is 42.5 Å². The summed E-state index contributed by atoms with van der Waals surface area (Å²) in [6.45, 7) is 0.539. The number of para-hydroxylation sites is 1. The Balaban J connectivity index is 1.70. The van der Waals surface area contributed by atoms with Gasteiger partial charge in [-0.3, -0.25) is 0 Å². The standard InChI is InChI=1S/C22H17NO/c1-3-8-17(9-4-1)16-24-21-13-7-12-19-14-15-20(23-22(19)21)18-10-5-2-6-11-18/h1-15H,16H2. The summed E-state index contributed by atoms with van der Waals surface area (Å²) in [5.41, 5.74) is 4.11. The smallest absolute Gasteiger partial charge is 0.146 e. The van der Waals surface area contributed by atoms with Crippen molar-refractivity contribution in [3.8, 4) is 17.0 Å². The molecule has 0 bridgehead atoms. The van der Waals surface area contributed by atoms with Crippen molar-refractivity contribution in [1.82, 2.24) is 4.98 Å². The molecule has 24 heavy (non-hydrogen) atoms. The van der Waals surface area contributed by atoms with Gasteiger partial charge in [-0.1, -0.05) is 78.9 Å². The second kappa shape index (κ2) is 6.55. The van der Waals surface area contributed by atoms with Crippen LogP contribution in [0.25, 0.3) is 22.2 Å². The van der Waals surface area contributed by atoms with Crippen molar-refractivity contribution in [2.75, 3.05) is 0 Å². The minimum absolute atomic E-state index is 0.539. The topological polar surface area (TPSA) is 22.1 Å². The summed E-state index contributed by atoms with van der Waals surface area (Å²) < 4.78 is 6.03. The summed E-state index contributed by atoms with van der Waals surface area (Å²) in [6.07, 6.45) is 0. The lowest BCUT2D eigenvalue weighted by atomic mass is 10.1. The van der Waals surface area contributed by atoms with Gasteiger partial charge in [0.15, 0.2) is 0 Å². The first-order valence-electron chi connectivity index (χ1n) is 8.02. The highest BCUT2D eigenvalue weighted by Crippen LogP contribution is 2.27. The van der Waals surface area contributed by atoms with Crippen LogP contribution in [0.4, 0.5) is 0 Å². The Morgan fingerprint density at radius 2 is 1.42 bits per heavy atom. The third kappa shape index (κ3) is 2.99. The molecule has 2 nitrogen and oxygen atoms in total. The average molecular weight is 311 g/mol. The van der Waals surface area contributed by atoms with Crippen LogP contribution < -0.4 is 4.74 Å². The Bertz CT molecular complexity index is 949. The number of aromatic nitrogens is 1. The lowest BCUT2D eigenvalue weighted by Crippen LogP contribution is -1.97. The molecular formula is C22H17NO. The second-order valence-electron chi connectivity index (χ2n) is 5.66. The van der Waals surface area contributed by atoms with E-state index in [-0.39, 0.29) is 0 Å². The third-order valence-electron chi connectivity index (χ3n) is 3.99. The highest BCUT2D eigenvalue weighted by molar-refractivity contribution is 5.86. The number of pyridine rings is 1. The molecule has 4 aromatic rings. The molecule has 4 rings (SSSR count). The second-order valence-corrected chi connectivity index (χ2v) is 5.66. The fourth-order valence-electron chi connectivity index (χ4n) is 2.74. The van der Waals surface area contributed by atoms with Gasteiger partial charge in [0.1, 0.15) is 17.9 Å². The number of ether oxygens (including phenoxy) is 1. The van der Waals surface area contributed by atoms with Gasteiger partial charge >= 0.3 is 0 Å². The van der Waals surface area contributed by atoms with Crippen LogP contribution in [0, 0.1) is 0 Å². The molecule has 116 valence electrons. The number of fused-ring (bicyclic) bond motifs is 1. The first-order chi connectivity index (χ1) is 11.9. The highest BCUT2D eigenvalue weighted by atomic mass is 16.5. The van der Waals surface area contributed by atoms with Crippen molar-refractivity contribution in [2.45, 2.75) is 6.61 Å². The molecule has 0 aliphatic rings. The van der Waals surface area contributed by atoms with Crippen LogP contribution in [0.5, 0.6) is 5.75 Å². The summed E-state index contributed by atoms with van der Waals surface area (Å²) in [6, 6.07) is 30.6. The van der Waals surface area contributed by atoms with E-state index in [1.807, 2.05) is 48.5 Å². The van der Waals surface area contributed by atoms with Crippen molar-refractivity contribution in [1.29, 1.82) is 0 Å². The van der Waals surface area contributed by atoms with Crippen molar-refractivity contribution in [3.05, 3.63) is 96.6 Å². The van der Waals surface area contributed by atoms with E-state index >= 15 is 0 Å². The van der Waals surface area contributed by atoms with Crippen LogP contribution in [-0.2, 0) is 6.61 Å². The van der Waals surface area contributed by atoms with Gasteiger partial charge in [0, 0.05) is 10.9 Å². The number of benzene rings is 3. The molecule has 2 heteroatoms. The van der Waals surface area contributed by atoms with Gasteiger partial charge < -0.3 is 4.74 Å². The van der Waals surface area contributed by atoms with Gasteiger partial charge in [-0.2, -0.15) is 0 Å². The maximum atomic E-state index is 6.03. The monoisotopic (exact) mass is 311 g/mol. The van der Waals surface area contributed by atoms with Gasteiger partial charge in [-0.05, 0) is 17.7 Å². The molecule has 0 fully saturated rings. The van der Waals surface area contributed by atoms with Crippen molar-refractivity contribution in [3.63, 3.8) is 0 Å². The predicted molar refractivity (Wildman–Crippen MR) is 98.0 cm³/mol. The fraction of sp³-hybridized carbons (Fsp3) is 0.0455. The minimum Gasteiger partial charge on any atom is -0.487 e. The summed E-state index contributed by atoms with van der Waals surface area (Å²) in [4.78, 5) is 4.83. The SMILES string of the molecule is c1ccc(COc2cccc3ccc(-c4ccccc4)nc23)cc1. The average Bonchev–Trinajstić information content (AvgIpc) is 2.67. The molecule has 0 amide bonds. The Kier molecular flexibility index (Phi) is 3.95. The summed E-state index contributed by atoms with van der Waals surface area (Å²) in [7, 11) is 0. The predicted octanol–water partition coefficient (Wildman–Crippen LogP) is 5.48. The molecule has 1 aromatic heterocycles. The van der Waals surface area contributed by atoms with Crippen LogP contribution in [0.3, 0.4) is 0 Å². The van der Waals surface area contributed by atoms with E-state index in [0.717, 1.165) is 33.5 Å². The van der Waals surface area contributed by atoms with E-state index in [0.29, 0.717) is 6.61 Å². The quantitative estimate of drug-likeness (QED) is 0.498. The van der Waals surface area contributed by atoms with Gasteiger partial charge in [0.25, 0.3) is 0 Å². The molecule has 0 saturated heterocycles. The zero-order chi connectivity index (χ0) is 16.2. The Hall–Kier alpha value is -3.13. The molecule has 0 N–H and O–H groups in total. The third-order valence-corrected chi connectivity index (χ3v) is 3.99. The molecule has 0 spiro atoms. The first kappa shape index (κ1) is 14.5. The molecule has 0 saturated carbocycles. The van der Waals surface area contributed by atoms with Crippen LogP contribution in [-0.4, -0.2) is 4.98 Å². The first-order valence-corrected chi connectivity index (χ1v) is 8.02. The molecule has 0 aliphatic carbocycles. The lowest BCUT2D eigenvalue weighted by molar-refractivity contribution is 0.309. The fourth-order valence-corrected chi connectivity index (χ4v) is 2.74. The van der Waals surface area contributed by atoms with Gasteiger partial charge in [0.05, 0.1) is 5.69 Å². The Morgan fingerprint density at radius 1 is 0.667 bits per heavy atom. The molecule has 0 unspecified atom stereocenters. The van der Waals surface area contributed by atoms with Crippen molar-refractivity contribution in [2.24, 2.45) is 0 Å². The molecule has 0 aliphatic heterocycles. The summed E-state index contributed by atoms with van der Waals surface area (Å²) >= 11 is 0. The van der Waals surface area contributed by atoms with Gasteiger partial charge in [-0.25, -0.2) is 4.98 Å². The molecular weight excluding hydrogens is 294 g/mol. The van der Waals surface area contributed by atoms with E-state index in [1.54, 1.807) is 0 Å². The Labute approximate surface area is 141 Å². The normalized spacial score (nSPS) is 10.7. The summed E-state index contributed by atoms with van der Waals surface area (Å²) in [5.74, 6) is 0.814. The zero-order valence-electron chi connectivity index (χ0n) is 13.2. The maximum absolute atomic E-state index is 6.03. The zero-order valence-corrected chi connectivity index (χ0v) is 13.2. The molecule has 1 heterocycles. The lowest BCUT2D eigenvalue weighted by Gasteiger charge is -2.10. The van der Waals surface area contributed by atoms with Crippen molar-refractivity contribution >= 4 is 10.9 Å². The van der Waals surface area contributed by atoms with Crippen LogP contribution in [0.1, 0.15) is 5.56 Å².